The first kappa shape index (κ1) is 15.0. The summed E-state index contributed by atoms with van der Waals surface area (Å²) in [6.45, 7) is 8.15. The van der Waals surface area contributed by atoms with Gasteiger partial charge in [0.25, 0.3) is 5.91 Å². The molecule has 2 unspecified atom stereocenters. The second-order valence-corrected chi connectivity index (χ2v) is 6.13. The van der Waals surface area contributed by atoms with Gasteiger partial charge in [0, 0.05) is 19.6 Å². The fourth-order valence-electron chi connectivity index (χ4n) is 2.29. The molecular formula is C14H24N4O2. The molecule has 0 saturated carbocycles. The molecule has 0 spiro atoms. The largest absolute Gasteiger partial charge is 0.391 e. The summed E-state index contributed by atoms with van der Waals surface area (Å²) in [4.78, 5) is 14.0. The zero-order valence-electron chi connectivity index (χ0n) is 12.5. The minimum absolute atomic E-state index is 0.133. The molecular weight excluding hydrogens is 256 g/mol. The van der Waals surface area contributed by atoms with Gasteiger partial charge in [0.1, 0.15) is 0 Å². The summed E-state index contributed by atoms with van der Waals surface area (Å²) >= 11 is 0. The van der Waals surface area contributed by atoms with E-state index in [1.165, 1.54) is 0 Å². The van der Waals surface area contributed by atoms with E-state index < -0.39 is 6.10 Å². The minimum Gasteiger partial charge on any atom is -0.391 e. The summed E-state index contributed by atoms with van der Waals surface area (Å²) in [7, 11) is 0. The monoisotopic (exact) mass is 280 g/mol. The number of hydrogen-bond acceptors (Lipinski definition) is 4. The second-order valence-electron chi connectivity index (χ2n) is 6.13. The van der Waals surface area contributed by atoms with Crippen molar-refractivity contribution in [2.24, 2.45) is 11.8 Å². The molecule has 1 aliphatic heterocycles. The standard InChI is InChI=1S/C14H24N4O2/c1-10(2)4-7-18-8-12(15-16-18)14(20)17-6-5-11(3)13(19)9-17/h8,10-11,13,19H,4-7,9H2,1-3H3. The van der Waals surface area contributed by atoms with Crippen LogP contribution in [0.1, 0.15) is 44.1 Å². The summed E-state index contributed by atoms with van der Waals surface area (Å²) in [5.41, 5.74) is 0.371. The third kappa shape index (κ3) is 3.56. The summed E-state index contributed by atoms with van der Waals surface area (Å²) in [5, 5.41) is 17.8. The van der Waals surface area contributed by atoms with Crippen LogP contribution in [0.3, 0.4) is 0 Å². The third-order valence-electron chi connectivity index (χ3n) is 3.90. The highest BCUT2D eigenvalue weighted by Gasteiger charge is 2.29. The molecule has 1 fully saturated rings. The van der Waals surface area contributed by atoms with E-state index >= 15 is 0 Å². The molecule has 6 nitrogen and oxygen atoms in total. The van der Waals surface area contributed by atoms with E-state index in [1.807, 2.05) is 6.92 Å². The molecule has 1 N–H and O–H groups in total. The smallest absolute Gasteiger partial charge is 0.276 e. The lowest BCUT2D eigenvalue weighted by Gasteiger charge is -2.33. The van der Waals surface area contributed by atoms with Gasteiger partial charge in [-0.25, -0.2) is 0 Å². The van der Waals surface area contributed by atoms with Gasteiger partial charge in [-0.1, -0.05) is 26.0 Å². The van der Waals surface area contributed by atoms with E-state index in [4.69, 9.17) is 0 Å². The van der Waals surface area contributed by atoms with Crippen LogP contribution in [-0.2, 0) is 6.54 Å². The molecule has 1 amide bonds. The van der Waals surface area contributed by atoms with Crippen LogP contribution in [0.2, 0.25) is 0 Å². The number of rotatable bonds is 4. The van der Waals surface area contributed by atoms with Crippen molar-refractivity contribution in [1.29, 1.82) is 0 Å². The number of carbonyl (C=O) groups excluding carboxylic acids is 1. The summed E-state index contributed by atoms with van der Waals surface area (Å²) in [5.74, 6) is 0.713. The predicted octanol–water partition coefficient (Wildman–Crippen LogP) is 1.17. The molecule has 0 aromatic carbocycles. The van der Waals surface area contributed by atoms with Gasteiger partial charge in [0.05, 0.1) is 12.3 Å². The predicted molar refractivity (Wildman–Crippen MR) is 75.2 cm³/mol. The van der Waals surface area contributed by atoms with E-state index in [0.29, 0.717) is 24.7 Å². The van der Waals surface area contributed by atoms with Crippen LogP contribution in [-0.4, -0.2) is 50.1 Å². The molecule has 1 aromatic rings. The Hall–Kier alpha value is -1.43. The van der Waals surface area contributed by atoms with Gasteiger partial charge in [0.15, 0.2) is 5.69 Å². The van der Waals surface area contributed by atoms with Crippen molar-refractivity contribution in [3.8, 4) is 0 Å². The van der Waals surface area contributed by atoms with Crippen LogP contribution in [0.15, 0.2) is 6.20 Å². The molecule has 1 aliphatic rings. The Kier molecular flexibility index (Phi) is 4.75. The van der Waals surface area contributed by atoms with E-state index in [2.05, 4.69) is 24.2 Å². The number of β-amino-alcohol motifs (C(OH)–C–C–N with tert-alkyl or cyclic N) is 1. The van der Waals surface area contributed by atoms with E-state index in [1.54, 1.807) is 15.8 Å². The van der Waals surface area contributed by atoms with Crippen LogP contribution in [0.5, 0.6) is 0 Å². The van der Waals surface area contributed by atoms with Crippen molar-refractivity contribution in [2.45, 2.75) is 46.3 Å². The van der Waals surface area contributed by atoms with Crippen LogP contribution in [0.4, 0.5) is 0 Å². The first-order chi connectivity index (χ1) is 9.47. The highest BCUT2D eigenvalue weighted by molar-refractivity contribution is 5.92. The van der Waals surface area contributed by atoms with Gasteiger partial charge in [0.2, 0.25) is 0 Å². The first-order valence-electron chi connectivity index (χ1n) is 7.35. The zero-order chi connectivity index (χ0) is 14.7. The van der Waals surface area contributed by atoms with E-state index in [9.17, 15) is 9.90 Å². The lowest BCUT2D eigenvalue weighted by Crippen LogP contribution is -2.45. The van der Waals surface area contributed by atoms with Crippen molar-refractivity contribution < 1.29 is 9.90 Å². The number of amides is 1. The molecule has 1 saturated heterocycles. The lowest BCUT2D eigenvalue weighted by atomic mass is 9.96. The van der Waals surface area contributed by atoms with Crippen LogP contribution in [0.25, 0.3) is 0 Å². The van der Waals surface area contributed by atoms with Gasteiger partial charge in [-0.05, 0) is 24.7 Å². The summed E-state index contributed by atoms with van der Waals surface area (Å²) in [6.07, 6.45) is 3.10. The SMILES string of the molecule is CC(C)CCn1cc(C(=O)N2CCC(C)C(O)C2)nn1. The Morgan fingerprint density at radius 1 is 1.55 bits per heavy atom. The quantitative estimate of drug-likeness (QED) is 0.898. The highest BCUT2D eigenvalue weighted by atomic mass is 16.3. The normalized spacial score (nSPS) is 23.4. The Balaban J connectivity index is 1.95. The average Bonchev–Trinajstić information content (AvgIpc) is 2.87. The number of aryl methyl sites for hydroxylation is 1. The van der Waals surface area contributed by atoms with E-state index in [-0.39, 0.29) is 11.8 Å². The van der Waals surface area contributed by atoms with Crippen molar-refractivity contribution in [2.75, 3.05) is 13.1 Å². The summed E-state index contributed by atoms with van der Waals surface area (Å²) < 4.78 is 1.72. The molecule has 2 rings (SSSR count). The van der Waals surface area contributed by atoms with Crippen molar-refractivity contribution >= 4 is 5.91 Å². The van der Waals surface area contributed by atoms with Crippen LogP contribution in [0, 0.1) is 11.8 Å². The summed E-state index contributed by atoms with van der Waals surface area (Å²) in [6, 6.07) is 0. The molecule has 2 heterocycles. The zero-order valence-corrected chi connectivity index (χ0v) is 12.5. The van der Waals surface area contributed by atoms with Crippen LogP contribution < -0.4 is 0 Å². The lowest BCUT2D eigenvalue weighted by molar-refractivity contribution is 0.0245. The van der Waals surface area contributed by atoms with Gasteiger partial charge in [-0.2, -0.15) is 0 Å². The van der Waals surface area contributed by atoms with E-state index in [0.717, 1.165) is 19.4 Å². The highest BCUT2D eigenvalue weighted by Crippen LogP contribution is 2.18. The topological polar surface area (TPSA) is 71.2 Å². The molecule has 0 radical (unpaired) electrons. The van der Waals surface area contributed by atoms with Crippen LogP contribution >= 0.6 is 0 Å². The fourth-order valence-corrected chi connectivity index (χ4v) is 2.29. The number of aliphatic hydroxyl groups is 1. The molecule has 6 heteroatoms. The maximum absolute atomic E-state index is 12.3. The number of nitrogens with zero attached hydrogens (tertiary/aromatic N) is 4. The number of likely N-dealkylation sites (tertiary alicyclic amines) is 1. The first-order valence-corrected chi connectivity index (χ1v) is 7.35. The number of aromatic nitrogens is 3. The average molecular weight is 280 g/mol. The van der Waals surface area contributed by atoms with Gasteiger partial charge < -0.3 is 10.0 Å². The molecule has 1 aromatic heterocycles. The second kappa shape index (κ2) is 6.35. The third-order valence-corrected chi connectivity index (χ3v) is 3.90. The van der Waals surface area contributed by atoms with Crippen molar-refractivity contribution in [3.05, 3.63) is 11.9 Å². The maximum Gasteiger partial charge on any atom is 0.276 e. The van der Waals surface area contributed by atoms with Crippen molar-refractivity contribution in [3.63, 3.8) is 0 Å². The molecule has 0 bridgehead atoms. The van der Waals surface area contributed by atoms with Gasteiger partial charge in [-0.15, -0.1) is 5.10 Å². The maximum atomic E-state index is 12.3. The fraction of sp³-hybridized carbons (Fsp3) is 0.786. The van der Waals surface area contributed by atoms with Gasteiger partial charge >= 0.3 is 0 Å². The Morgan fingerprint density at radius 3 is 2.95 bits per heavy atom. The Bertz CT molecular complexity index is 458. The molecule has 112 valence electrons. The van der Waals surface area contributed by atoms with Gasteiger partial charge in [-0.3, -0.25) is 9.48 Å². The molecule has 20 heavy (non-hydrogen) atoms. The Labute approximate surface area is 119 Å². The Morgan fingerprint density at radius 2 is 2.30 bits per heavy atom. The van der Waals surface area contributed by atoms with Crippen molar-refractivity contribution in [1.82, 2.24) is 19.9 Å². The minimum atomic E-state index is -0.441. The molecule has 2 atom stereocenters. The number of hydrogen-bond donors (Lipinski definition) is 1. The molecule has 0 aliphatic carbocycles. The number of carbonyl (C=O) groups is 1. The number of aliphatic hydroxyl groups excluding tert-OH is 1. The number of piperidine rings is 1.